The summed E-state index contributed by atoms with van der Waals surface area (Å²) in [6.07, 6.45) is 3.20. The normalized spacial score (nSPS) is 13.9. The van der Waals surface area contributed by atoms with E-state index in [4.69, 9.17) is 14.2 Å². The van der Waals surface area contributed by atoms with E-state index in [1.54, 1.807) is 74.7 Å². The van der Waals surface area contributed by atoms with Crippen LogP contribution in [0.1, 0.15) is 25.3 Å². The molecule has 0 saturated heterocycles. The Labute approximate surface area is 180 Å². The van der Waals surface area contributed by atoms with E-state index in [9.17, 15) is 14.0 Å². The minimum Gasteiger partial charge on any atom is -0.497 e. The largest absolute Gasteiger partial charge is 0.497 e. The Morgan fingerprint density at radius 1 is 0.871 bits per heavy atom. The lowest BCUT2D eigenvalue weighted by Crippen LogP contribution is -2.29. The van der Waals surface area contributed by atoms with Crippen molar-refractivity contribution in [3.8, 4) is 5.75 Å². The van der Waals surface area contributed by atoms with Crippen LogP contribution in [0.25, 0.3) is 0 Å². The molecule has 1 aliphatic rings. The summed E-state index contributed by atoms with van der Waals surface area (Å²) in [7, 11) is 1.56. The lowest BCUT2D eigenvalue weighted by molar-refractivity contribution is -0.139. The molecule has 162 valence electrons. The Morgan fingerprint density at radius 2 is 1.39 bits per heavy atom. The van der Waals surface area contributed by atoms with Gasteiger partial charge < -0.3 is 19.1 Å². The van der Waals surface area contributed by atoms with Crippen molar-refractivity contribution in [1.82, 2.24) is 0 Å². The molecule has 0 fully saturated rings. The molecule has 0 amide bonds. The minimum absolute atomic E-state index is 0.181. The fourth-order valence-corrected chi connectivity index (χ4v) is 3.34. The second-order valence-electron chi connectivity index (χ2n) is 6.70. The van der Waals surface area contributed by atoms with Crippen LogP contribution in [0.15, 0.2) is 72.1 Å². The van der Waals surface area contributed by atoms with E-state index < -0.39 is 17.9 Å². The lowest BCUT2D eigenvalue weighted by Gasteiger charge is -2.30. The number of carbonyl (C=O) groups excluding carboxylic acids is 2. The number of nitrogens with zero attached hydrogens (tertiary/aromatic N) is 1. The third-order valence-electron chi connectivity index (χ3n) is 4.77. The van der Waals surface area contributed by atoms with Gasteiger partial charge in [-0.3, -0.25) is 0 Å². The number of hydrogen-bond donors (Lipinski definition) is 0. The molecule has 1 aliphatic heterocycles. The molecule has 7 heteroatoms. The van der Waals surface area contributed by atoms with Gasteiger partial charge in [0.05, 0.1) is 37.4 Å². The van der Waals surface area contributed by atoms with Crippen LogP contribution < -0.4 is 9.64 Å². The van der Waals surface area contributed by atoms with E-state index in [0.29, 0.717) is 17.0 Å². The highest BCUT2D eigenvalue weighted by Crippen LogP contribution is 2.39. The Balaban J connectivity index is 2.14. The molecule has 0 N–H and O–H groups in total. The first-order valence-corrected chi connectivity index (χ1v) is 9.94. The van der Waals surface area contributed by atoms with E-state index in [1.807, 2.05) is 0 Å². The fourth-order valence-electron chi connectivity index (χ4n) is 3.34. The zero-order chi connectivity index (χ0) is 22.4. The summed E-state index contributed by atoms with van der Waals surface area (Å²) >= 11 is 0. The van der Waals surface area contributed by atoms with Crippen molar-refractivity contribution < 1.29 is 28.2 Å². The molecule has 0 aliphatic carbocycles. The third kappa shape index (κ3) is 4.94. The van der Waals surface area contributed by atoms with Gasteiger partial charge in [0.1, 0.15) is 11.6 Å². The molecule has 0 saturated carbocycles. The predicted molar refractivity (Wildman–Crippen MR) is 114 cm³/mol. The van der Waals surface area contributed by atoms with Crippen LogP contribution in [0.4, 0.5) is 10.1 Å². The second-order valence-corrected chi connectivity index (χ2v) is 6.70. The lowest BCUT2D eigenvalue weighted by atomic mass is 9.83. The van der Waals surface area contributed by atoms with Gasteiger partial charge in [-0.2, -0.15) is 0 Å². The van der Waals surface area contributed by atoms with Gasteiger partial charge in [-0.25, -0.2) is 14.0 Å². The highest BCUT2D eigenvalue weighted by molar-refractivity contribution is 6.00. The van der Waals surface area contributed by atoms with Gasteiger partial charge in [-0.15, -0.1) is 0 Å². The number of halogens is 1. The second kappa shape index (κ2) is 9.93. The summed E-state index contributed by atoms with van der Waals surface area (Å²) in [6.45, 7) is 3.79. The van der Waals surface area contributed by atoms with Crippen molar-refractivity contribution in [3.05, 3.63) is 83.5 Å². The predicted octanol–water partition coefficient (Wildman–Crippen LogP) is 4.33. The van der Waals surface area contributed by atoms with Gasteiger partial charge in [-0.1, -0.05) is 12.1 Å². The zero-order valence-electron chi connectivity index (χ0n) is 17.6. The number of methoxy groups -OCH3 is 1. The molecule has 3 rings (SSSR count). The number of rotatable bonds is 7. The first-order valence-electron chi connectivity index (χ1n) is 9.94. The SMILES string of the molecule is CCOC(=O)C1=CN(c2ccc(F)cc2)C=C(C(=O)OCC)C1c1ccc(OC)cc1. The molecular formula is C24H24FNO5. The number of carbonyl (C=O) groups is 2. The highest BCUT2D eigenvalue weighted by atomic mass is 19.1. The van der Waals surface area contributed by atoms with E-state index in [0.717, 1.165) is 0 Å². The van der Waals surface area contributed by atoms with Crippen LogP contribution in [-0.4, -0.2) is 32.3 Å². The van der Waals surface area contributed by atoms with E-state index in [-0.39, 0.29) is 30.2 Å². The summed E-state index contributed by atoms with van der Waals surface area (Å²) in [5, 5.41) is 0. The summed E-state index contributed by atoms with van der Waals surface area (Å²) in [5.74, 6) is -1.53. The molecule has 0 radical (unpaired) electrons. The standard InChI is InChI=1S/C24H24FNO5/c1-4-30-23(27)20-14-26(18-10-8-17(25)9-11-18)15-21(24(28)31-5-2)22(20)16-6-12-19(29-3)13-7-16/h6-15,22H,4-5H2,1-3H3. The number of ether oxygens (including phenoxy) is 3. The van der Waals surface area contributed by atoms with Crippen LogP contribution in [-0.2, 0) is 19.1 Å². The number of hydrogen-bond acceptors (Lipinski definition) is 6. The molecule has 1 heterocycles. The quantitative estimate of drug-likeness (QED) is 0.615. The van der Waals surface area contributed by atoms with Gasteiger partial charge in [0.25, 0.3) is 0 Å². The first-order chi connectivity index (χ1) is 15.0. The molecule has 0 unspecified atom stereocenters. The number of anilines is 1. The Kier molecular flexibility index (Phi) is 7.07. The highest BCUT2D eigenvalue weighted by Gasteiger charge is 2.35. The van der Waals surface area contributed by atoms with Gasteiger partial charge in [0.15, 0.2) is 0 Å². The summed E-state index contributed by atoms with van der Waals surface area (Å²) in [6, 6.07) is 12.8. The summed E-state index contributed by atoms with van der Waals surface area (Å²) in [4.78, 5) is 27.4. The van der Waals surface area contributed by atoms with Crippen molar-refractivity contribution in [2.24, 2.45) is 0 Å². The molecule has 2 aromatic rings. The molecule has 0 aromatic heterocycles. The fraction of sp³-hybridized carbons (Fsp3) is 0.250. The van der Waals surface area contributed by atoms with Crippen LogP contribution in [0, 0.1) is 5.82 Å². The molecule has 2 aromatic carbocycles. The Morgan fingerprint density at radius 3 is 1.84 bits per heavy atom. The molecule has 0 atom stereocenters. The van der Waals surface area contributed by atoms with Crippen LogP contribution in [0.5, 0.6) is 5.75 Å². The van der Waals surface area contributed by atoms with Crippen LogP contribution >= 0.6 is 0 Å². The average molecular weight is 425 g/mol. The maximum atomic E-state index is 13.4. The molecular weight excluding hydrogens is 401 g/mol. The summed E-state index contributed by atoms with van der Waals surface area (Å²) < 4.78 is 29.2. The topological polar surface area (TPSA) is 65.1 Å². The molecule has 6 nitrogen and oxygen atoms in total. The molecule has 0 bridgehead atoms. The van der Waals surface area contributed by atoms with Crippen molar-refractivity contribution in [2.45, 2.75) is 19.8 Å². The van der Waals surface area contributed by atoms with Crippen molar-refractivity contribution >= 4 is 17.6 Å². The smallest absolute Gasteiger partial charge is 0.336 e. The average Bonchev–Trinajstić information content (AvgIpc) is 2.79. The van der Waals surface area contributed by atoms with Gasteiger partial charge in [0, 0.05) is 18.1 Å². The van der Waals surface area contributed by atoms with E-state index in [2.05, 4.69) is 0 Å². The number of benzene rings is 2. The Bertz CT molecular complexity index is 960. The minimum atomic E-state index is -0.694. The number of esters is 2. The van der Waals surface area contributed by atoms with E-state index in [1.165, 1.54) is 12.1 Å². The van der Waals surface area contributed by atoms with Gasteiger partial charge in [-0.05, 0) is 55.8 Å². The zero-order valence-corrected chi connectivity index (χ0v) is 17.6. The van der Waals surface area contributed by atoms with Crippen molar-refractivity contribution in [1.29, 1.82) is 0 Å². The molecule has 0 spiro atoms. The Hall–Kier alpha value is -3.61. The van der Waals surface area contributed by atoms with Gasteiger partial charge in [0.2, 0.25) is 0 Å². The van der Waals surface area contributed by atoms with Gasteiger partial charge >= 0.3 is 11.9 Å². The van der Waals surface area contributed by atoms with Crippen molar-refractivity contribution in [3.63, 3.8) is 0 Å². The summed E-state index contributed by atoms with van der Waals surface area (Å²) in [5.41, 5.74) is 1.82. The monoisotopic (exact) mass is 425 g/mol. The third-order valence-corrected chi connectivity index (χ3v) is 4.77. The maximum Gasteiger partial charge on any atom is 0.336 e. The maximum absolute atomic E-state index is 13.4. The van der Waals surface area contributed by atoms with E-state index >= 15 is 0 Å². The molecule has 31 heavy (non-hydrogen) atoms. The first kappa shape index (κ1) is 22.1. The van der Waals surface area contributed by atoms with Crippen LogP contribution in [0.2, 0.25) is 0 Å². The van der Waals surface area contributed by atoms with Crippen LogP contribution in [0.3, 0.4) is 0 Å². The van der Waals surface area contributed by atoms with Crippen molar-refractivity contribution in [2.75, 3.05) is 25.2 Å².